The lowest BCUT2D eigenvalue weighted by Gasteiger charge is -2.41. The van der Waals surface area contributed by atoms with Gasteiger partial charge in [-0.15, -0.1) is 11.3 Å². The maximum Gasteiger partial charge on any atom is 0.110 e. The van der Waals surface area contributed by atoms with E-state index in [0.29, 0.717) is 4.88 Å². The summed E-state index contributed by atoms with van der Waals surface area (Å²) in [5.74, 6) is -0.259. The van der Waals surface area contributed by atoms with Gasteiger partial charge in [0.25, 0.3) is 0 Å². The normalized spacial score (nSPS) is 16.1. The highest BCUT2D eigenvalue weighted by Gasteiger charge is 2.41. The molecule has 150 valence electrons. The van der Waals surface area contributed by atoms with Crippen LogP contribution in [-0.2, 0) is 12.6 Å². The number of benzene rings is 1. The Bertz CT molecular complexity index is 1100. The summed E-state index contributed by atoms with van der Waals surface area (Å²) in [7, 11) is 1.92. The number of thiophene rings is 1. The van der Waals surface area contributed by atoms with Crippen molar-refractivity contribution in [1.82, 2.24) is 15.1 Å². The summed E-state index contributed by atoms with van der Waals surface area (Å²) in [6.07, 6.45) is 4.84. The standard InChI is InChI=1S/C23H26N4OS/c1-6-7-15(2)26-23(4,21-11-9-19(13-24)29-21)22(16(3)28)17-8-10-20-18(12-17)14-25-27(20)5/h6-12,14,16,22,26,28H,1H2,2-5H3/b15-7-/t16-,22+,23-/m1/s1. The number of aliphatic hydroxyl groups excluding tert-OH is 1. The van der Waals surface area contributed by atoms with E-state index in [-0.39, 0.29) is 5.92 Å². The molecule has 3 rings (SSSR count). The molecule has 0 unspecified atom stereocenters. The van der Waals surface area contributed by atoms with Crippen LogP contribution in [0.5, 0.6) is 0 Å². The van der Waals surface area contributed by atoms with Crippen molar-refractivity contribution in [2.75, 3.05) is 0 Å². The molecular weight excluding hydrogens is 380 g/mol. The van der Waals surface area contributed by atoms with Gasteiger partial charge in [0.1, 0.15) is 10.9 Å². The molecule has 3 atom stereocenters. The average Bonchev–Trinajstić information content (AvgIpc) is 3.29. The summed E-state index contributed by atoms with van der Waals surface area (Å²) in [4.78, 5) is 1.63. The van der Waals surface area contributed by atoms with Crippen LogP contribution in [0.2, 0.25) is 0 Å². The molecule has 1 aromatic carbocycles. The van der Waals surface area contributed by atoms with Crippen LogP contribution in [0.1, 0.15) is 42.0 Å². The Morgan fingerprint density at radius 2 is 2.17 bits per heavy atom. The number of rotatable bonds is 7. The van der Waals surface area contributed by atoms with Crippen LogP contribution in [0.4, 0.5) is 0 Å². The molecule has 0 aliphatic rings. The first-order valence-electron chi connectivity index (χ1n) is 9.47. The van der Waals surface area contributed by atoms with E-state index in [1.54, 1.807) is 6.08 Å². The van der Waals surface area contributed by atoms with Crippen molar-refractivity contribution < 1.29 is 5.11 Å². The lowest BCUT2D eigenvalue weighted by Crippen LogP contribution is -2.47. The number of nitrogens with zero attached hydrogens (tertiary/aromatic N) is 3. The molecule has 0 aliphatic carbocycles. The molecule has 2 aromatic heterocycles. The molecule has 2 heterocycles. The van der Waals surface area contributed by atoms with Gasteiger partial charge in [-0.05, 0) is 56.7 Å². The predicted octanol–water partition coefficient (Wildman–Crippen LogP) is 4.57. The predicted molar refractivity (Wildman–Crippen MR) is 119 cm³/mol. The third kappa shape index (κ3) is 3.98. The third-order valence-electron chi connectivity index (χ3n) is 5.29. The minimum absolute atomic E-state index is 0.259. The van der Waals surface area contributed by atoms with Gasteiger partial charge in [-0.1, -0.05) is 18.7 Å². The second-order valence-corrected chi connectivity index (χ2v) is 8.58. The Morgan fingerprint density at radius 3 is 2.79 bits per heavy atom. The van der Waals surface area contributed by atoms with Gasteiger partial charge in [0.05, 0.1) is 23.4 Å². The van der Waals surface area contributed by atoms with E-state index < -0.39 is 11.6 Å². The van der Waals surface area contributed by atoms with Crippen molar-refractivity contribution in [2.24, 2.45) is 7.05 Å². The molecular formula is C23H26N4OS. The number of nitrogens with one attached hydrogen (secondary N) is 1. The number of aromatic nitrogens is 2. The summed E-state index contributed by atoms with van der Waals surface area (Å²) in [6.45, 7) is 9.64. The maximum absolute atomic E-state index is 10.9. The Hall–Kier alpha value is -2.88. The van der Waals surface area contributed by atoms with E-state index >= 15 is 0 Å². The van der Waals surface area contributed by atoms with Gasteiger partial charge in [0.2, 0.25) is 0 Å². The molecule has 0 bridgehead atoms. The van der Waals surface area contributed by atoms with Crippen molar-refractivity contribution in [3.63, 3.8) is 0 Å². The smallest absolute Gasteiger partial charge is 0.110 e. The van der Waals surface area contributed by atoms with E-state index in [1.165, 1.54) is 11.3 Å². The second kappa shape index (κ2) is 8.24. The zero-order chi connectivity index (χ0) is 21.2. The van der Waals surface area contributed by atoms with E-state index in [2.05, 4.69) is 36.1 Å². The Kier molecular flexibility index (Phi) is 5.92. The summed E-state index contributed by atoms with van der Waals surface area (Å²) in [6, 6.07) is 12.2. The quantitative estimate of drug-likeness (QED) is 0.564. The van der Waals surface area contributed by atoms with Crippen molar-refractivity contribution in [3.05, 3.63) is 76.3 Å². The molecule has 0 saturated carbocycles. The Labute approximate surface area is 175 Å². The molecule has 2 N–H and O–H groups in total. The highest BCUT2D eigenvalue weighted by molar-refractivity contribution is 7.12. The minimum atomic E-state index is -0.634. The molecule has 0 saturated heterocycles. The van der Waals surface area contributed by atoms with E-state index in [4.69, 9.17) is 0 Å². The topological polar surface area (TPSA) is 73.9 Å². The van der Waals surface area contributed by atoms with Crippen LogP contribution in [0.25, 0.3) is 10.9 Å². The molecule has 0 amide bonds. The fourth-order valence-electron chi connectivity index (χ4n) is 4.07. The lowest BCUT2D eigenvalue weighted by atomic mass is 9.75. The highest BCUT2D eigenvalue weighted by Crippen LogP contribution is 2.43. The van der Waals surface area contributed by atoms with Gasteiger partial charge in [-0.2, -0.15) is 10.4 Å². The fraction of sp³-hybridized carbons (Fsp3) is 0.304. The van der Waals surface area contributed by atoms with Gasteiger partial charge in [0.15, 0.2) is 0 Å². The molecule has 0 spiro atoms. The van der Waals surface area contributed by atoms with Gasteiger partial charge >= 0.3 is 0 Å². The summed E-state index contributed by atoms with van der Waals surface area (Å²) < 4.78 is 1.84. The van der Waals surface area contributed by atoms with E-state index in [9.17, 15) is 10.4 Å². The maximum atomic E-state index is 10.9. The van der Waals surface area contributed by atoms with Gasteiger partial charge in [-0.3, -0.25) is 4.68 Å². The van der Waals surface area contributed by atoms with E-state index in [0.717, 1.165) is 27.0 Å². The summed E-state index contributed by atoms with van der Waals surface area (Å²) in [5, 5.41) is 29.2. The fourth-order valence-corrected chi connectivity index (χ4v) is 5.01. The second-order valence-electron chi connectivity index (χ2n) is 7.49. The zero-order valence-electron chi connectivity index (χ0n) is 17.2. The number of allylic oxidation sites excluding steroid dienone is 3. The van der Waals surface area contributed by atoms with Gasteiger partial charge < -0.3 is 10.4 Å². The van der Waals surface area contributed by atoms with Crippen molar-refractivity contribution >= 4 is 22.2 Å². The Balaban J connectivity index is 2.18. The van der Waals surface area contributed by atoms with Crippen LogP contribution >= 0.6 is 11.3 Å². The van der Waals surface area contributed by atoms with Crippen molar-refractivity contribution in [3.8, 4) is 6.07 Å². The first-order chi connectivity index (χ1) is 13.8. The number of aryl methyl sites for hydroxylation is 1. The Morgan fingerprint density at radius 1 is 1.41 bits per heavy atom. The third-order valence-corrected chi connectivity index (χ3v) is 6.51. The van der Waals surface area contributed by atoms with Crippen LogP contribution in [0, 0.1) is 11.3 Å². The first-order valence-corrected chi connectivity index (χ1v) is 10.3. The summed E-state index contributed by atoms with van der Waals surface area (Å²) >= 11 is 1.44. The number of hydrogen-bond acceptors (Lipinski definition) is 5. The highest BCUT2D eigenvalue weighted by atomic mass is 32.1. The van der Waals surface area contributed by atoms with Crippen molar-refractivity contribution in [1.29, 1.82) is 5.26 Å². The average molecular weight is 407 g/mol. The number of aliphatic hydroxyl groups is 1. The molecule has 0 radical (unpaired) electrons. The summed E-state index contributed by atoms with van der Waals surface area (Å²) in [5.41, 5.74) is 2.35. The van der Waals surface area contributed by atoms with Crippen LogP contribution in [0.3, 0.4) is 0 Å². The first kappa shape index (κ1) is 20.8. The molecule has 6 heteroatoms. The molecule has 3 aromatic rings. The lowest BCUT2D eigenvalue weighted by molar-refractivity contribution is 0.112. The molecule has 0 aliphatic heterocycles. The minimum Gasteiger partial charge on any atom is -0.393 e. The zero-order valence-corrected chi connectivity index (χ0v) is 18.0. The molecule has 29 heavy (non-hydrogen) atoms. The van der Waals surface area contributed by atoms with Crippen LogP contribution in [0.15, 0.2) is 61.0 Å². The number of fused-ring (bicyclic) bond motifs is 1. The van der Waals surface area contributed by atoms with Crippen LogP contribution < -0.4 is 5.32 Å². The monoisotopic (exact) mass is 406 g/mol. The largest absolute Gasteiger partial charge is 0.393 e. The molecule has 0 fully saturated rings. The number of hydrogen-bond donors (Lipinski definition) is 2. The van der Waals surface area contributed by atoms with Gasteiger partial charge in [0, 0.05) is 28.9 Å². The van der Waals surface area contributed by atoms with Crippen molar-refractivity contribution in [2.45, 2.75) is 38.3 Å². The SMILES string of the molecule is C=C/C=C(/C)N[C@](C)(c1ccc(C#N)s1)[C@H](c1ccc2c(cnn2C)c1)[C@@H](C)O. The van der Waals surface area contributed by atoms with Crippen LogP contribution in [-0.4, -0.2) is 21.0 Å². The number of nitriles is 1. The molecule has 5 nitrogen and oxygen atoms in total. The van der Waals surface area contributed by atoms with Gasteiger partial charge in [-0.25, -0.2) is 0 Å². The van der Waals surface area contributed by atoms with E-state index in [1.807, 2.05) is 62.1 Å².